The SMILES string of the molecule is Cn1cc(N)c(N2CCC[C@H](C(=O)O)C2)n1. The molecule has 0 spiro atoms. The first-order valence-electron chi connectivity index (χ1n) is 5.35. The number of anilines is 2. The number of piperidine rings is 1. The molecule has 6 heteroatoms. The first kappa shape index (κ1) is 10.8. The summed E-state index contributed by atoms with van der Waals surface area (Å²) in [5, 5.41) is 13.2. The summed E-state index contributed by atoms with van der Waals surface area (Å²) >= 11 is 0. The molecule has 1 atom stereocenters. The molecular formula is C10H16N4O2. The van der Waals surface area contributed by atoms with Gasteiger partial charge in [0, 0.05) is 26.3 Å². The van der Waals surface area contributed by atoms with Gasteiger partial charge in [0.25, 0.3) is 0 Å². The summed E-state index contributed by atoms with van der Waals surface area (Å²) in [4.78, 5) is 12.9. The van der Waals surface area contributed by atoms with Crippen LogP contribution in [0.4, 0.5) is 11.5 Å². The number of hydrogen-bond donors (Lipinski definition) is 2. The number of aryl methyl sites for hydroxylation is 1. The summed E-state index contributed by atoms with van der Waals surface area (Å²) in [6.45, 7) is 1.32. The smallest absolute Gasteiger partial charge is 0.308 e. The van der Waals surface area contributed by atoms with E-state index in [9.17, 15) is 4.79 Å². The Kier molecular flexibility index (Phi) is 2.72. The van der Waals surface area contributed by atoms with E-state index < -0.39 is 5.97 Å². The number of nitrogens with two attached hydrogens (primary N) is 1. The quantitative estimate of drug-likeness (QED) is 0.755. The minimum Gasteiger partial charge on any atom is -0.481 e. The highest BCUT2D eigenvalue weighted by molar-refractivity contribution is 5.72. The highest BCUT2D eigenvalue weighted by Gasteiger charge is 2.27. The van der Waals surface area contributed by atoms with Gasteiger partial charge in [-0.2, -0.15) is 5.10 Å². The van der Waals surface area contributed by atoms with Crippen LogP contribution in [0, 0.1) is 5.92 Å². The van der Waals surface area contributed by atoms with Crippen molar-refractivity contribution in [2.75, 3.05) is 23.7 Å². The number of aliphatic carboxylic acids is 1. The van der Waals surface area contributed by atoms with Crippen molar-refractivity contribution in [3.05, 3.63) is 6.20 Å². The molecule has 3 N–H and O–H groups in total. The zero-order chi connectivity index (χ0) is 11.7. The molecule has 1 fully saturated rings. The maximum Gasteiger partial charge on any atom is 0.308 e. The van der Waals surface area contributed by atoms with Gasteiger partial charge in [0.15, 0.2) is 5.82 Å². The number of carboxylic acids is 1. The molecule has 0 radical (unpaired) electrons. The normalized spacial score (nSPS) is 21.1. The van der Waals surface area contributed by atoms with E-state index in [0.717, 1.165) is 19.4 Å². The predicted octanol–water partition coefficient (Wildman–Crippen LogP) is 0.303. The number of carboxylic acid groups (broad SMARTS) is 1. The van der Waals surface area contributed by atoms with Crippen LogP contribution in [0.2, 0.25) is 0 Å². The molecule has 0 bridgehead atoms. The van der Waals surface area contributed by atoms with Crippen LogP contribution in [0.1, 0.15) is 12.8 Å². The molecule has 6 nitrogen and oxygen atoms in total. The Labute approximate surface area is 93.6 Å². The summed E-state index contributed by atoms with van der Waals surface area (Å²) in [5.74, 6) is -0.345. The Bertz CT molecular complexity index is 402. The largest absolute Gasteiger partial charge is 0.481 e. The van der Waals surface area contributed by atoms with E-state index in [1.807, 2.05) is 4.90 Å². The van der Waals surface area contributed by atoms with Gasteiger partial charge in [0.05, 0.1) is 11.6 Å². The Morgan fingerprint density at radius 3 is 3.00 bits per heavy atom. The van der Waals surface area contributed by atoms with E-state index >= 15 is 0 Å². The Hall–Kier alpha value is -1.72. The molecule has 0 aliphatic carbocycles. The number of nitrogens with zero attached hydrogens (tertiary/aromatic N) is 3. The minimum absolute atomic E-state index is 0.310. The maximum atomic E-state index is 10.9. The Morgan fingerprint density at radius 1 is 1.69 bits per heavy atom. The van der Waals surface area contributed by atoms with Crippen molar-refractivity contribution in [2.24, 2.45) is 13.0 Å². The molecule has 2 rings (SSSR count). The third-order valence-corrected chi connectivity index (χ3v) is 2.91. The van der Waals surface area contributed by atoms with Crippen molar-refractivity contribution >= 4 is 17.5 Å². The van der Waals surface area contributed by atoms with Crippen LogP contribution in [0.3, 0.4) is 0 Å². The Morgan fingerprint density at radius 2 is 2.44 bits per heavy atom. The van der Waals surface area contributed by atoms with E-state index in [0.29, 0.717) is 18.1 Å². The molecule has 1 aromatic heterocycles. The van der Waals surface area contributed by atoms with Gasteiger partial charge in [-0.1, -0.05) is 0 Å². The van der Waals surface area contributed by atoms with Crippen molar-refractivity contribution in [2.45, 2.75) is 12.8 Å². The third kappa shape index (κ3) is 1.95. The molecular weight excluding hydrogens is 208 g/mol. The Balaban J connectivity index is 2.15. The summed E-state index contributed by atoms with van der Waals surface area (Å²) in [6.07, 6.45) is 3.34. The highest BCUT2D eigenvalue weighted by atomic mass is 16.4. The zero-order valence-corrected chi connectivity index (χ0v) is 9.26. The second kappa shape index (κ2) is 4.03. The fourth-order valence-electron chi connectivity index (χ4n) is 2.11. The second-order valence-electron chi connectivity index (χ2n) is 4.21. The summed E-state index contributed by atoms with van der Waals surface area (Å²) < 4.78 is 1.65. The number of hydrogen-bond acceptors (Lipinski definition) is 4. The number of carbonyl (C=O) groups is 1. The van der Waals surface area contributed by atoms with Crippen molar-refractivity contribution in [3.63, 3.8) is 0 Å². The first-order valence-corrected chi connectivity index (χ1v) is 5.35. The fourth-order valence-corrected chi connectivity index (χ4v) is 2.11. The molecule has 1 aliphatic heterocycles. The second-order valence-corrected chi connectivity index (χ2v) is 4.21. The van der Waals surface area contributed by atoms with Crippen LogP contribution in [0.5, 0.6) is 0 Å². The van der Waals surface area contributed by atoms with Crippen LogP contribution in [-0.4, -0.2) is 33.9 Å². The standard InChI is InChI=1S/C10H16N4O2/c1-13-6-8(11)9(12-13)14-4-2-3-7(5-14)10(15)16/h6-7H,2-5,11H2,1H3,(H,15,16)/t7-/m0/s1. The van der Waals surface area contributed by atoms with Crippen molar-refractivity contribution in [1.29, 1.82) is 0 Å². The lowest BCUT2D eigenvalue weighted by atomic mass is 9.98. The van der Waals surface area contributed by atoms with Crippen LogP contribution in [0.15, 0.2) is 6.20 Å². The van der Waals surface area contributed by atoms with Crippen molar-refractivity contribution < 1.29 is 9.90 Å². The predicted molar refractivity (Wildman–Crippen MR) is 60.2 cm³/mol. The van der Waals surface area contributed by atoms with Crippen molar-refractivity contribution in [1.82, 2.24) is 9.78 Å². The van der Waals surface area contributed by atoms with Crippen LogP contribution < -0.4 is 10.6 Å². The van der Waals surface area contributed by atoms with Gasteiger partial charge in [0.2, 0.25) is 0 Å². The third-order valence-electron chi connectivity index (χ3n) is 2.91. The van der Waals surface area contributed by atoms with E-state index in [1.165, 1.54) is 0 Å². The van der Waals surface area contributed by atoms with E-state index in [4.69, 9.17) is 10.8 Å². The van der Waals surface area contributed by atoms with Crippen LogP contribution >= 0.6 is 0 Å². The molecule has 1 aliphatic rings. The maximum absolute atomic E-state index is 10.9. The van der Waals surface area contributed by atoms with Gasteiger partial charge in [-0.05, 0) is 12.8 Å². The van der Waals surface area contributed by atoms with E-state index in [-0.39, 0.29) is 5.92 Å². The average Bonchev–Trinajstić information content (AvgIpc) is 2.58. The molecule has 1 aromatic rings. The highest BCUT2D eigenvalue weighted by Crippen LogP contribution is 2.26. The molecule has 0 saturated carbocycles. The molecule has 0 unspecified atom stereocenters. The molecule has 0 aromatic carbocycles. The topological polar surface area (TPSA) is 84.4 Å². The zero-order valence-electron chi connectivity index (χ0n) is 9.26. The molecule has 0 amide bonds. The first-order chi connectivity index (χ1) is 7.58. The lowest BCUT2D eigenvalue weighted by Gasteiger charge is -2.30. The summed E-state index contributed by atoms with van der Waals surface area (Å²) in [6, 6.07) is 0. The molecule has 88 valence electrons. The van der Waals surface area contributed by atoms with Crippen molar-refractivity contribution in [3.8, 4) is 0 Å². The average molecular weight is 224 g/mol. The number of rotatable bonds is 2. The van der Waals surface area contributed by atoms with Gasteiger partial charge in [-0.25, -0.2) is 0 Å². The number of nitrogen functional groups attached to an aromatic ring is 1. The summed E-state index contributed by atoms with van der Waals surface area (Å²) in [5.41, 5.74) is 6.43. The summed E-state index contributed by atoms with van der Waals surface area (Å²) in [7, 11) is 1.80. The monoisotopic (exact) mass is 224 g/mol. The van der Waals surface area contributed by atoms with E-state index in [2.05, 4.69) is 5.10 Å². The van der Waals surface area contributed by atoms with Crippen LogP contribution in [-0.2, 0) is 11.8 Å². The molecule has 16 heavy (non-hydrogen) atoms. The number of aromatic nitrogens is 2. The molecule has 1 saturated heterocycles. The van der Waals surface area contributed by atoms with Gasteiger partial charge in [0.1, 0.15) is 0 Å². The minimum atomic E-state index is -0.737. The van der Waals surface area contributed by atoms with Gasteiger partial charge >= 0.3 is 5.97 Å². The lowest BCUT2D eigenvalue weighted by molar-refractivity contribution is -0.141. The van der Waals surface area contributed by atoms with Gasteiger partial charge in [-0.15, -0.1) is 0 Å². The van der Waals surface area contributed by atoms with Crippen LogP contribution in [0.25, 0.3) is 0 Å². The molecule has 2 heterocycles. The lowest BCUT2D eigenvalue weighted by Crippen LogP contribution is -2.39. The van der Waals surface area contributed by atoms with E-state index in [1.54, 1.807) is 17.9 Å². The van der Waals surface area contributed by atoms with Gasteiger partial charge < -0.3 is 15.7 Å². The van der Waals surface area contributed by atoms with Gasteiger partial charge in [-0.3, -0.25) is 9.48 Å². The fraction of sp³-hybridized carbons (Fsp3) is 0.600.